The van der Waals surface area contributed by atoms with E-state index in [1.54, 1.807) is 23.0 Å². The maximum atomic E-state index is 12.6. The third-order valence-corrected chi connectivity index (χ3v) is 6.83. The molecule has 0 atom stereocenters. The molecule has 5 nitrogen and oxygen atoms in total. The van der Waals surface area contributed by atoms with Crippen molar-refractivity contribution < 1.29 is 0 Å². The summed E-state index contributed by atoms with van der Waals surface area (Å²) < 4.78 is 6.87. The molecule has 1 aliphatic carbocycles. The second-order valence-electron chi connectivity index (χ2n) is 5.52. The molecule has 1 saturated carbocycles. The van der Waals surface area contributed by atoms with Crippen molar-refractivity contribution in [3.63, 3.8) is 0 Å². The van der Waals surface area contributed by atoms with E-state index in [0.29, 0.717) is 11.1 Å². The smallest absolute Gasteiger partial charge is 0.262 e. The lowest BCUT2D eigenvalue weighted by atomic mass is 10.2. The average Bonchev–Trinajstić information content (AvgIpc) is 3.17. The van der Waals surface area contributed by atoms with Crippen LogP contribution in [-0.4, -0.2) is 18.9 Å². The maximum absolute atomic E-state index is 12.6. The Kier molecular flexibility index (Phi) is 3.35. The summed E-state index contributed by atoms with van der Waals surface area (Å²) in [4.78, 5) is 23.8. The molecule has 0 aromatic carbocycles. The normalized spacial score (nSPS) is 14.9. The molecule has 1 aliphatic rings. The zero-order chi connectivity index (χ0) is 15.4. The number of aromatic nitrogens is 4. The minimum atomic E-state index is 0.0151. The van der Waals surface area contributed by atoms with Crippen molar-refractivity contribution in [3.8, 4) is 0 Å². The van der Waals surface area contributed by atoms with Gasteiger partial charge in [0.2, 0.25) is 0 Å². The van der Waals surface area contributed by atoms with Crippen LogP contribution in [0.15, 0.2) is 14.3 Å². The van der Waals surface area contributed by atoms with E-state index < -0.39 is 0 Å². The van der Waals surface area contributed by atoms with Gasteiger partial charge in [0, 0.05) is 17.8 Å². The monoisotopic (exact) mass is 350 g/mol. The number of hydrogen-bond donors (Lipinski definition) is 0. The highest BCUT2D eigenvalue weighted by Crippen LogP contribution is 2.40. The quantitative estimate of drug-likeness (QED) is 0.677. The first-order valence-corrected chi connectivity index (χ1v) is 9.43. The first kappa shape index (κ1) is 14.3. The van der Waals surface area contributed by atoms with Gasteiger partial charge in [0.25, 0.3) is 5.56 Å². The Balaban J connectivity index is 1.77. The number of fused-ring (bicyclic) bond motifs is 1. The van der Waals surface area contributed by atoms with Gasteiger partial charge in [-0.2, -0.15) is 4.37 Å². The number of hydrogen-bond acceptors (Lipinski definition) is 7. The Labute approximate surface area is 139 Å². The van der Waals surface area contributed by atoms with Gasteiger partial charge < -0.3 is 0 Å². The third kappa shape index (κ3) is 2.29. The number of thiophene rings is 1. The summed E-state index contributed by atoms with van der Waals surface area (Å²) in [6.07, 6.45) is 2.38. The molecule has 22 heavy (non-hydrogen) atoms. The van der Waals surface area contributed by atoms with E-state index in [0.717, 1.165) is 30.8 Å². The molecule has 0 unspecified atom stereocenters. The minimum absolute atomic E-state index is 0.0151. The zero-order valence-electron chi connectivity index (χ0n) is 12.4. The van der Waals surface area contributed by atoms with Crippen molar-refractivity contribution >= 4 is 44.8 Å². The molecular formula is C14H14N4OS3. The standard InChI is InChI=1S/C14H14N4OS3/c1-6-7(2)20-11-9(6)12(19)18(3)13(16-11)21-14-15-10(17-22-14)8-4-5-8/h8H,4-5H2,1-3H3. The highest BCUT2D eigenvalue weighted by atomic mass is 32.2. The Morgan fingerprint density at radius 2 is 2.05 bits per heavy atom. The van der Waals surface area contributed by atoms with Gasteiger partial charge in [0.1, 0.15) is 10.7 Å². The molecule has 1 fully saturated rings. The summed E-state index contributed by atoms with van der Waals surface area (Å²) in [7, 11) is 1.77. The van der Waals surface area contributed by atoms with Crippen LogP contribution in [0.3, 0.4) is 0 Å². The van der Waals surface area contributed by atoms with Crippen LogP contribution >= 0.6 is 34.6 Å². The fourth-order valence-electron chi connectivity index (χ4n) is 2.29. The van der Waals surface area contributed by atoms with Gasteiger partial charge >= 0.3 is 0 Å². The molecule has 114 valence electrons. The van der Waals surface area contributed by atoms with E-state index in [2.05, 4.69) is 14.3 Å². The molecule has 0 saturated heterocycles. The van der Waals surface area contributed by atoms with Gasteiger partial charge in [-0.25, -0.2) is 9.97 Å². The number of rotatable bonds is 3. The van der Waals surface area contributed by atoms with Gasteiger partial charge in [0.05, 0.1) is 5.39 Å². The topological polar surface area (TPSA) is 60.7 Å². The molecule has 0 amide bonds. The Hall–Kier alpha value is -1.25. The SMILES string of the molecule is Cc1sc2nc(Sc3nc(C4CC4)ns3)n(C)c(=O)c2c1C. The summed E-state index contributed by atoms with van der Waals surface area (Å²) in [5, 5.41) is 1.42. The summed E-state index contributed by atoms with van der Waals surface area (Å²) in [6, 6.07) is 0. The van der Waals surface area contributed by atoms with Crippen LogP contribution in [0.2, 0.25) is 0 Å². The summed E-state index contributed by atoms with van der Waals surface area (Å²) in [5.41, 5.74) is 1.05. The highest BCUT2D eigenvalue weighted by Gasteiger charge is 2.28. The zero-order valence-corrected chi connectivity index (χ0v) is 14.9. The fraction of sp³-hybridized carbons (Fsp3) is 0.429. The molecule has 0 bridgehead atoms. The lowest BCUT2D eigenvalue weighted by Crippen LogP contribution is -2.19. The van der Waals surface area contributed by atoms with E-state index in [1.165, 1.54) is 36.1 Å². The molecule has 8 heteroatoms. The van der Waals surface area contributed by atoms with Crippen molar-refractivity contribution in [2.45, 2.75) is 42.1 Å². The van der Waals surface area contributed by atoms with Gasteiger partial charge in [-0.3, -0.25) is 9.36 Å². The fourth-order valence-corrected chi connectivity index (χ4v) is 5.00. The van der Waals surface area contributed by atoms with Crippen molar-refractivity contribution in [1.29, 1.82) is 0 Å². The molecular weight excluding hydrogens is 336 g/mol. The van der Waals surface area contributed by atoms with E-state index in [1.807, 2.05) is 13.8 Å². The highest BCUT2D eigenvalue weighted by molar-refractivity contribution is 8.00. The average molecular weight is 350 g/mol. The van der Waals surface area contributed by atoms with E-state index in [4.69, 9.17) is 0 Å². The summed E-state index contributed by atoms with van der Waals surface area (Å²) >= 11 is 4.39. The van der Waals surface area contributed by atoms with Crippen LogP contribution in [-0.2, 0) is 7.05 Å². The largest absolute Gasteiger partial charge is 0.290 e. The second-order valence-corrected chi connectivity index (χ2v) is 8.69. The Bertz CT molecular complexity index is 936. The van der Waals surface area contributed by atoms with Crippen LogP contribution in [0.4, 0.5) is 0 Å². The van der Waals surface area contributed by atoms with Crippen LogP contribution in [0.25, 0.3) is 10.2 Å². The molecule has 0 N–H and O–H groups in total. The van der Waals surface area contributed by atoms with E-state index >= 15 is 0 Å². The van der Waals surface area contributed by atoms with Gasteiger partial charge in [-0.15, -0.1) is 11.3 Å². The van der Waals surface area contributed by atoms with Gasteiger partial charge in [0.15, 0.2) is 9.50 Å². The summed E-state index contributed by atoms with van der Waals surface area (Å²) in [5.74, 6) is 1.49. The predicted octanol–water partition coefficient (Wildman–Crippen LogP) is 3.49. The first-order valence-electron chi connectivity index (χ1n) is 7.02. The maximum Gasteiger partial charge on any atom is 0.262 e. The van der Waals surface area contributed by atoms with Gasteiger partial charge in [-0.05, 0) is 55.5 Å². The molecule has 0 spiro atoms. The predicted molar refractivity (Wildman–Crippen MR) is 90.3 cm³/mol. The number of aryl methyl sites for hydroxylation is 2. The minimum Gasteiger partial charge on any atom is -0.290 e. The van der Waals surface area contributed by atoms with E-state index in [-0.39, 0.29) is 5.56 Å². The van der Waals surface area contributed by atoms with Crippen molar-refractivity contribution in [2.24, 2.45) is 7.05 Å². The molecule has 0 aliphatic heterocycles. The van der Waals surface area contributed by atoms with Crippen LogP contribution in [0.1, 0.15) is 35.0 Å². The van der Waals surface area contributed by atoms with Crippen LogP contribution in [0, 0.1) is 13.8 Å². The lowest BCUT2D eigenvalue weighted by Gasteiger charge is -2.04. The first-order chi connectivity index (χ1) is 10.5. The van der Waals surface area contributed by atoms with Crippen LogP contribution < -0.4 is 5.56 Å². The molecule has 3 aromatic rings. The second kappa shape index (κ2) is 5.14. The Morgan fingerprint density at radius 3 is 2.77 bits per heavy atom. The lowest BCUT2D eigenvalue weighted by molar-refractivity contribution is 0.727. The molecule has 3 heterocycles. The molecule has 3 aromatic heterocycles. The van der Waals surface area contributed by atoms with Gasteiger partial charge in [-0.1, -0.05) is 0 Å². The van der Waals surface area contributed by atoms with Crippen molar-refractivity contribution in [2.75, 3.05) is 0 Å². The molecule has 0 radical (unpaired) electrons. The Morgan fingerprint density at radius 1 is 1.27 bits per heavy atom. The third-order valence-electron chi connectivity index (χ3n) is 3.91. The molecule has 4 rings (SSSR count). The van der Waals surface area contributed by atoms with Crippen LogP contribution in [0.5, 0.6) is 0 Å². The van der Waals surface area contributed by atoms with E-state index in [9.17, 15) is 4.79 Å². The van der Waals surface area contributed by atoms with Crippen molar-refractivity contribution in [3.05, 3.63) is 26.6 Å². The van der Waals surface area contributed by atoms with Crippen molar-refractivity contribution in [1.82, 2.24) is 18.9 Å². The summed E-state index contributed by atoms with van der Waals surface area (Å²) in [6.45, 7) is 4.01. The number of nitrogens with zero attached hydrogens (tertiary/aromatic N) is 4.